The number of nitrogens with zero attached hydrogens (tertiary/aromatic N) is 2. The van der Waals surface area contributed by atoms with Crippen LogP contribution in [0.5, 0.6) is 0 Å². The molecular weight excluding hydrogens is 407 g/mol. The quantitative estimate of drug-likeness (QED) is 0.772. The van der Waals surface area contributed by atoms with Gasteiger partial charge < -0.3 is 9.88 Å². The Morgan fingerprint density at radius 3 is 2.31 bits per heavy atom. The molecule has 9 heteroatoms. The first-order valence-corrected chi connectivity index (χ1v) is 9.99. The summed E-state index contributed by atoms with van der Waals surface area (Å²) in [5.41, 5.74) is 2.87. The number of piperidine rings is 1. The number of hydrogen-bond acceptors (Lipinski definition) is 3. The Hall–Kier alpha value is -1.51. The van der Waals surface area contributed by atoms with Crippen molar-refractivity contribution in [3.05, 3.63) is 34.2 Å². The zero-order valence-electron chi connectivity index (χ0n) is 16.4. The summed E-state index contributed by atoms with van der Waals surface area (Å²) in [5, 5.41) is 0. The van der Waals surface area contributed by atoms with Crippen LogP contribution in [0, 0.1) is 6.92 Å². The molecule has 1 aromatic heterocycles. The van der Waals surface area contributed by atoms with Crippen LogP contribution in [0.2, 0.25) is 0 Å². The fraction of sp³-hybridized carbons (Fsp3) is 0.650. The van der Waals surface area contributed by atoms with E-state index >= 15 is 0 Å². The van der Waals surface area contributed by atoms with E-state index in [4.69, 9.17) is 0 Å². The molecule has 1 aromatic carbocycles. The fourth-order valence-electron chi connectivity index (χ4n) is 4.82. The summed E-state index contributed by atoms with van der Waals surface area (Å²) < 4.78 is 43.2. The first kappa shape index (κ1) is 22.2. The SMILES string of the molecule is Cc1ccc2[nH]c(=O)n(C3CCN(C4CCC(OC(F)(F)F)CC4)CC3)c2c1.Cl. The molecule has 0 radical (unpaired) electrons. The summed E-state index contributed by atoms with van der Waals surface area (Å²) in [7, 11) is 0. The molecule has 0 spiro atoms. The third-order valence-corrected chi connectivity index (χ3v) is 6.20. The van der Waals surface area contributed by atoms with E-state index in [0.717, 1.165) is 55.4 Å². The third-order valence-electron chi connectivity index (χ3n) is 6.20. The fourth-order valence-corrected chi connectivity index (χ4v) is 4.82. The molecule has 1 aliphatic heterocycles. The molecule has 0 amide bonds. The molecule has 162 valence electrons. The van der Waals surface area contributed by atoms with Gasteiger partial charge in [0.15, 0.2) is 0 Å². The zero-order valence-corrected chi connectivity index (χ0v) is 17.2. The Balaban J connectivity index is 0.00000240. The number of nitrogens with one attached hydrogen (secondary N) is 1. The summed E-state index contributed by atoms with van der Waals surface area (Å²) in [6.45, 7) is 3.75. The zero-order chi connectivity index (χ0) is 19.9. The van der Waals surface area contributed by atoms with Crippen molar-refractivity contribution in [1.82, 2.24) is 14.5 Å². The minimum absolute atomic E-state index is 0. The number of imidazole rings is 1. The van der Waals surface area contributed by atoms with E-state index in [-0.39, 0.29) is 24.1 Å². The summed E-state index contributed by atoms with van der Waals surface area (Å²) in [4.78, 5) is 17.8. The van der Waals surface area contributed by atoms with Gasteiger partial charge in [0.1, 0.15) is 0 Å². The van der Waals surface area contributed by atoms with E-state index in [1.807, 2.05) is 29.7 Å². The van der Waals surface area contributed by atoms with Gasteiger partial charge in [-0.1, -0.05) is 6.07 Å². The maximum Gasteiger partial charge on any atom is 0.522 e. The van der Waals surface area contributed by atoms with Crippen LogP contribution in [0.25, 0.3) is 11.0 Å². The number of alkyl halides is 3. The second-order valence-corrected chi connectivity index (χ2v) is 8.08. The molecule has 2 fully saturated rings. The van der Waals surface area contributed by atoms with Crippen LogP contribution in [0.1, 0.15) is 50.1 Å². The first-order valence-electron chi connectivity index (χ1n) is 9.99. The van der Waals surface area contributed by atoms with Crippen molar-refractivity contribution < 1.29 is 17.9 Å². The molecule has 1 saturated heterocycles. The lowest BCUT2D eigenvalue weighted by atomic mass is 9.90. The molecule has 2 aromatic rings. The van der Waals surface area contributed by atoms with Gasteiger partial charge in [-0.25, -0.2) is 4.79 Å². The molecule has 5 nitrogen and oxygen atoms in total. The highest BCUT2D eigenvalue weighted by atomic mass is 35.5. The van der Waals surface area contributed by atoms with Crippen LogP contribution in [0.15, 0.2) is 23.0 Å². The molecule has 1 N–H and O–H groups in total. The smallest absolute Gasteiger partial charge is 0.306 e. The van der Waals surface area contributed by atoms with Gasteiger partial charge in [0, 0.05) is 25.2 Å². The summed E-state index contributed by atoms with van der Waals surface area (Å²) in [5.74, 6) is 0. The Kier molecular flexibility index (Phi) is 6.65. The van der Waals surface area contributed by atoms with Crippen LogP contribution in [0.4, 0.5) is 13.2 Å². The van der Waals surface area contributed by atoms with E-state index in [2.05, 4.69) is 14.6 Å². The molecule has 0 bridgehead atoms. The Morgan fingerprint density at radius 2 is 1.69 bits per heavy atom. The van der Waals surface area contributed by atoms with Crippen molar-refractivity contribution in [1.29, 1.82) is 0 Å². The van der Waals surface area contributed by atoms with Gasteiger partial charge in [-0.3, -0.25) is 9.30 Å². The predicted octanol–water partition coefficient (Wildman–Crippen LogP) is 4.54. The Morgan fingerprint density at radius 1 is 1.03 bits per heavy atom. The number of benzene rings is 1. The third kappa shape index (κ3) is 4.98. The van der Waals surface area contributed by atoms with Crippen LogP contribution in [-0.2, 0) is 4.74 Å². The van der Waals surface area contributed by atoms with E-state index in [9.17, 15) is 18.0 Å². The normalized spacial score (nSPS) is 24.6. The number of rotatable bonds is 3. The molecule has 1 saturated carbocycles. The van der Waals surface area contributed by atoms with Crippen LogP contribution in [0.3, 0.4) is 0 Å². The molecule has 2 aliphatic rings. The number of H-pyrrole nitrogens is 1. The number of aromatic amines is 1. The van der Waals surface area contributed by atoms with Gasteiger partial charge in [0.05, 0.1) is 17.1 Å². The molecule has 0 unspecified atom stereocenters. The first-order chi connectivity index (χ1) is 13.3. The maximum absolute atomic E-state index is 12.5. The van der Waals surface area contributed by atoms with Gasteiger partial charge in [-0.2, -0.15) is 0 Å². The minimum Gasteiger partial charge on any atom is -0.306 e. The molecular formula is C20H27ClF3N3O2. The van der Waals surface area contributed by atoms with E-state index < -0.39 is 12.5 Å². The molecule has 2 heterocycles. The Bertz CT molecular complexity index is 879. The molecule has 29 heavy (non-hydrogen) atoms. The van der Waals surface area contributed by atoms with Gasteiger partial charge >= 0.3 is 12.1 Å². The van der Waals surface area contributed by atoms with Crippen LogP contribution < -0.4 is 5.69 Å². The van der Waals surface area contributed by atoms with Gasteiger partial charge in [-0.05, 0) is 63.1 Å². The average molecular weight is 434 g/mol. The number of hydrogen-bond donors (Lipinski definition) is 1. The number of likely N-dealkylation sites (tertiary alicyclic amines) is 1. The van der Waals surface area contributed by atoms with Gasteiger partial charge in [0.25, 0.3) is 0 Å². The highest BCUT2D eigenvalue weighted by molar-refractivity contribution is 5.85. The summed E-state index contributed by atoms with van der Waals surface area (Å²) in [6, 6.07) is 6.45. The van der Waals surface area contributed by atoms with E-state index in [1.54, 1.807) is 0 Å². The van der Waals surface area contributed by atoms with Gasteiger partial charge in [-0.15, -0.1) is 25.6 Å². The van der Waals surface area contributed by atoms with E-state index in [0.29, 0.717) is 18.9 Å². The highest BCUT2D eigenvalue weighted by Crippen LogP contribution is 2.33. The van der Waals surface area contributed by atoms with Crippen LogP contribution in [-0.4, -0.2) is 46.0 Å². The monoisotopic (exact) mass is 433 g/mol. The average Bonchev–Trinajstić information content (AvgIpc) is 2.96. The lowest BCUT2D eigenvalue weighted by molar-refractivity contribution is -0.345. The second kappa shape index (κ2) is 8.70. The van der Waals surface area contributed by atoms with Crippen molar-refractivity contribution in [3.8, 4) is 0 Å². The second-order valence-electron chi connectivity index (χ2n) is 8.08. The number of aryl methyl sites for hydroxylation is 1. The number of fused-ring (bicyclic) bond motifs is 1. The van der Waals surface area contributed by atoms with Crippen molar-refractivity contribution in [2.45, 2.75) is 70.0 Å². The van der Waals surface area contributed by atoms with Crippen molar-refractivity contribution in [2.24, 2.45) is 0 Å². The van der Waals surface area contributed by atoms with Gasteiger partial charge in [0.2, 0.25) is 0 Å². The minimum atomic E-state index is -4.54. The van der Waals surface area contributed by atoms with Crippen molar-refractivity contribution in [3.63, 3.8) is 0 Å². The van der Waals surface area contributed by atoms with Crippen LogP contribution >= 0.6 is 12.4 Å². The lowest BCUT2D eigenvalue weighted by Gasteiger charge is -2.41. The molecule has 0 atom stereocenters. The lowest BCUT2D eigenvalue weighted by Crippen LogP contribution is -2.45. The predicted molar refractivity (Wildman–Crippen MR) is 108 cm³/mol. The number of halogens is 4. The molecule has 4 rings (SSSR count). The molecule has 1 aliphatic carbocycles. The van der Waals surface area contributed by atoms with Crippen molar-refractivity contribution >= 4 is 23.4 Å². The summed E-state index contributed by atoms with van der Waals surface area (Å²) >= 11 is 0. The Labute approximate surface area is 173 Å². The van der Waals surface area contributed by atoms with Crippen molar-refractivity contribution in [2.75, 3.05) is 13.1 Å². The summed E-state index contributed by atoms with van der Waals surface area (Å²) in [6.07, 6.45) is -1.13. The maximum atomic E-state index is 12.5. The largest absolute Gasteiger partial charge is 0.522 e. The van der Waals surface area contributed by atoms with E-state index in [1.165, 1.54) is 0 Å². The number of ether oxygens (including phenoxy) is 1. The topological polar surface area (TPSA) is 50.3 Å². The standard InChI is InChI=1S/C20H26F3N3O2.ClH/c1-13-2-7-17-18(12-13)26(19(27)24-17)15-8-10-25(11-9-15)14-3-5-16(6-4-14)28-20(21,22)23;/h2,7,12,14-16H,3-6,8-11H2,1H3,(H,24,27);1H. The number of aromatic nitrogens is 2. The highest BCUT2D eigenvalue weighted by Gasteiger charge is 2.37.